The summed E-state index contributed by atoms with van der Waals surface area (Å²) >= 11 is 6.93. The number of carbonyl (C=O) groups is 2. The van der Waals surface area contributed by atoms with E-state index < -0.39 is 17.5 Å². The lowest BCUT2D eigenvalue weighted by molar-refractivity contribution is 0.102. The van der Waals surface area contributed by atoms with Crippen LogP contribution in [0, 0.1) is 11.6 Å². The summed E-state index contributed by atoms with van der Waals surface area (Å²) < 4.78 is 26.3. The lowest BCUT2D eigenvalue weighted by Gasteiger charge is -2.31. The van der Waals surface area contributed by atoms with E-state index in [1.165, 1.54) is 53.8 Å². The largest absolute Gasteiger partial charge is 0.324 e. The van der Waals surface area contributed by atoms with Gasteiger partial charge in [0.25, 0.3) is 5.91 Å². The molecule has 1 aromatic heterocycles. The van der Waals surface area contributed by atoms with Crippen molar-refractivity contribution >= 4 is 46.3 Å². The van der Waals surface area contributed by atoms with Gasteiger partial charge in [-0.3, -0.25) is 4.79 Å². The number of halogens is 3. The monoisotopic (exact) mass is 477 g/mol. The summed E-state index contributed by atoms with van der Waals surface area (Å²) in [6.07, 6.45) is 1.57. The van der Waals surface area contributed by atoms with Crippen LogP contribution in [0.3, 0.4) is 0 Å². The molecule has 1 fully saturated rings. The smallest absolute Gasteiger partial charge is 0.321 e. The van der Waals surface area contributed by atoms with Crippen molar-refractivity contribution in [2.24, 2.45) is 0 Å². The van der Waals surface area contributed by atoms with Gasteiger partial charge in [0.2, 0.25) is 5.01 Å². The summed E-state index contributed by atoms with van der Waals surface area (Å²) in [5, 5.41) is 14.3. The van der Waals surface area contributed by atoms with E-state index >= 15 is 0 Å². The van der Waals surface area contributed by atoms with Crippen LogP contribution in [0.15, 0.2) is 42.5 Å². The summed E-state index contributed by atoms with van der Waals surface area (Å²) in [6.45, 7) is 0.975. The van der Waals surface area contributed by atoms with E-state index in [1.54, 1.807) is 4.90 Å². The topological polar surface area (TPSA) is 87.2 Å². The van der Waals surface area contributed by atoms with Crippen molar-refractivity contribution < 1.29 is 18.4 Å². The standard InChI is InChI=1S/C21H18ClF2N5O2S/c22-16-10-15(7-8-17(16)24)26-21(31)29-9-1-2-12(11-29)19-27-28-20(32-19)18(30)25-14-5-3-13(23)4-6-14/h3-8,10,12H,1-2,9,11H2,(H,25,30)(H,26,31). The summed E-state index contributed by atoms with van der Waals surface area (Å²) in [5.41, 5.74) is 0.855. The minimum absolute atomic E-state index is 0.0591. The van der Waals surface area contributed by atoms with Gasteiger partial charge in [0, 0.05) is 30.4 Å². The normalized spacial score (nSPS) is 16.0. The zero-order chi connectivity index (χ0) is 22.7. The fourth-order valence-corrected chi connectivity index (χ4v) is 4.39. The van der Waals surface area contributed by atoms with Gasteiger partial charge in [-0.15, -0.1) is 10.2 Å². The van der Waals surface area contributed by atoms with Gasteiger partial charge >= 0.3 is 6.03 Å². The Balaban J connectivity index is 1.38. The first kappa shape index (κ1) is 22.1. The highest BCUT2D eigenvalue weighted by molar-refractivity contribution is 7.13. The molecule has 4 rings (SSSR count). The maximum absolute atomic E-state index is 13.3. The second kappa shape index (κ2) is 9.58. The Labute approximate surface area is 191 Å². The zero-order valence-corrected chi connectivity index (χ0v) is 18.2. The van der Waals surface area contributed by atoms with E-state index in [-0.39, 0.29) is 22.0 Å². The minimum atomic E-state index is -0.557. The number of carbonyl (C=O) groups excluding carboxylic acids is 2. The second-order valence-electron chi connectivity index (χ2n) is 7.25. The third-order valence-corrected chi connectivity index (χ3v) is 6.34. The number of benzene rings is 2. The van der Waals surface area contributed by atoms with Crippen molar-refractivity contribution in [2.75, 3.05) is 23.7 Å². The quantitative estimate of drug-likeness (QED) is 0.545. The van der Waals surface area contributed by atoms with E-state index in [1.807, 2.05) is 0 Å². The molecule has 3 aromatic rings. The van der Waals surface area contributed by atoms with Crippen LogP contribution in [-0.4, -0.2) is 40.1 Å². The van der Waals surface area contributed by atoms with Crippen LogP contribution in [0.5, 0.6) is 0 Å². The number of urea groups is 1. The summed E-state index contributed by atoms with van der Waals surface area (Å²) in [5.74, 6) is -1.44. The van der Waals surface area contributed by atoms with Gasteiger partial charge < -0.3 is 15.5 Å². The number of amides is 3. The third-order valence-electron chi connectivity index (χ3n) is 4.97. The molecule has 1 aliphatic rings. The SMILES string of the molecule is O=C(Nc1ccc(F)cc1)c1nnc(C2CCCN(C(=O)Nc3ccc(F)c(Cl)c3)C2)s1. The Hall–Kier alpha value is -3.11. The lowest BCUT2D eigenvalue weighted by atomic mass is 9.99. The van der Waals surface area contributed by atoms with Crippen molar-refractivity contribution in [3.8, 4) is 0 Å². The number of aromatic nitrogens is 2. The number of likely N-dealkylation sites (tertiary alicyclic amines) is 1. The molecular weight excluding hydrogens is 460 g/mol. The summed E-state index contributed by atoms with van der Waals surface area (Å²) in [7, 11) is 0. The Morgan fingerprint density at radius 3 is 2.56 bits per heavy atom. The third kappa shape index (κ3) is 5.20. The molecule has 1 unspecified atom stereocenters. The molecule has 7 nitrogen and oxygen atoms in total. The van der Waals surface area contributed by atoms with Crippen LogP contribution >= 0.6 is 22.9 Å². The first-order valence-electron chi connectivity index (χ1n) is 9.80. The van der Waals surface area contributed by atoms with Crippen molar-refractivity contribution in [1.82, 2.24) is 15.1 Å². The van der Waals surface area contributed by atoms with Gasteiger partial charge in [0.05, 0.1) is 5.02 Å². The van der Waals surface area contributed by atoms with Crippen LogP contribution < -0.4 is 10.6 Å². The van der Waals surface area contributed by atoms with Crippen molar-refractivity contribution in [2.45, 2.75) is 18.8 Å². The molecule has 0 aliphatic carbocycles. The number of piperidine rings is 1. The maximum Gasteiger partial charge on any atom is 0.321 e. The second-order valence-corrected chi connectivity index (χ2v) is 8.67. The zero-order valence-electron chi connectivity index (χ0n) is 16.6. The molecule has 0 radical (unpaired) electrons. The van der Waals surface area contributed by atoms with Gasteiger partial charge in [-0.1, -0.05) is 22.9 Å². The number of nitrogens with zero attached hydrogens (tertiary/aromatic N) is 3. The van der Waals surface area contributed by atoms with Crippen LogP contribution in [0.2, 0.25) is 5.02 Å². The highest BCUT2D eigenvalue weighted by Gasteiger charge is 2.28. The van der Waals surface area contributed by atoms with E-state index in [0.29, 0.717) is 29.5 Å². The Morgan fingerprint density at radius 2 is 1.81 bits per heavy atom. The van der Waals surface area contributed by atoms with Gasteiger partial charge in [-0.25, -0.2) is 13.6 Å². The molecule has 1 aliphatic heterocycles. The summed E-state index contributed by atoms with van der Waals surface area (Å²) in [4.78, 5) is 26.7. The maximum atomic E-state index is 13.3. The molecule has 2 heterocycles. The van der Waals surface area contributed by atoms with Crippen molar-refractivity contribution in [3.63, 3.8) is 0 Å². The van der Waals surface area contributed by atoms with Gasteiger partial charge in [-0.05, 0) is 55.3 Å². The molecule has 3 amide bonds. The molecule has 2 aromatic carbocycles. The Morgan fingerprint density at radius 1 is 1.06 bits per heavy atom. The fourth-order valence-electron chi connectivity index (χ4n) is 3.35. The average molecular weight is 478 g/mol. The molecule has 32 heavy (non-hydrogen) atoms. The van der Waals surface area contributed by atoms with E-state index in [2.05, 4.69) is 20.8 Å². The predicted octanol–water partition coefficient (Wildman–Crippen LogP) is 5.13. The highest BCUT2D eigenvalue weighted by atomic mass is 35.5. The van der Waals surface area contributed by atoms with Crippen LogP contribution in [-0.2, 0) is 0 Å². The molecule has 1 atom stereocenters. The predicted molar refractivity (Wildman–Crippen MR) is 118 cm³/mol. The number of anilines is 2. The number of hydrogen-bond donors (Lipinski definition) is 2. The summed E-state index contributed by atoms with van der Waals surface area (Å²) in [6, 6.07) is 9.09. The number of hydrogen-bond acceptors (Lipinski definition) is 5. The highest BCUT2D eigenvalue weighted by Crippen LogP contribution is 2.30. The van der Waals surface area contributed by atoms with Crippen LogP contribution in [0.25, 0.3) is 0 Å². The van der Waals surface area contributed by atoms with Gasteiger partial charge in [0.1, 0.15) is 16.6 Å². The minimum Gasteiger partial charge on any atom is -0.324 e. The van der Waals surface area contributed by atoms with Crippen molar-refractivity contribution in [3.05, 3.63) is 69.1 Å². The molecular formula is C21H18ClF2N5O2S. The fraction of sp³-hybridized carbons (Fsp3) is 0.238. The molecule has 11 heteroatoms. The molecule has 2 N–H and O–H groups in total. The molecule has 0 spiro atoms. The van der Waals surface area contributed by atoms with E-state index in [9.17, 15) is 18.4 Å². The van der Waals surface area contributed by atoms with Gasteiger partial charge in [-0.2, -0.15) is 0 Å². The number of nitrogens with one attached hydrogen (secondary N) is 2. The van der Waals surface area contributed by atoms with Crippen molar-refractivity contribution in [1.29, 1.82) is 0 Å². The molecule has 0 saturated carbocycles. The van der Waals surface area contributed by atoms with Crippen LogP contribution in [0.4, 0.5) is 25.0 Å². The Kier molecular flexibility index (Phi) is 6.61. The van der Waals surface area contributed by atoms with E-state index in [0.717, 1.165) is 12.8 Å². The lowest BCUT2D eigenvalue weighted by Crippen LogP contribution is -2.41. The molecule has 1 saturated heterocycles. The first-order valence-corrected chi connectivity index (χ1v) is 11.0. The Bertz CT molecular complexity index is 1140. The average Bonchev–Trinajstić information content (AvgIpc) is 3.28. The van der Waals surface area contributed by atoms with E-state index in [4.69, 9.17) is 11.6 Å². The number of rotatable bonds is 4. The van der Waals surface area contributed by atoms with Gasteiger partial charge in [0.15, 0.2) is 0 Å². The molecule has 0 bridgehead atoms. The van der Waals surface area contributed by atoms with Crippen LogP contribution in [0.1, 0.15) is 33.6 Å². The first-order chi connectivity index (χ1) is 15.4. The molecule has 166 valence electrons.